The molecule has 3 aromatic rings. The van der Waals surface area contributed by atoms with Crippen LogP contribution < -0.4 is 4.90 Å². The number of ketones is 1. The van der Waals surface area contributed by atoms with Gasteiger partial charge < -0.3 is 10.0 Å². The van der Waals surface area contributed by atoms with Crippen LogP contribution in [0.4, 0.5) is 5.69 Å². The maximum atomic E-state index is 13.5. The molecule has 0 fully saturated rings. The van der Waals surface area contributed by atoms with Gasteiger partial charge in [0.1, 0.15) is 5.69 Å². The van der Waals surface area contributed by atoms with Crippen LogP contribution in [0.5, 0.6) is 0 Å². The van der Waals surface area contributed by atoms with Crippen LogP contribution in [0.1, 0.15) is 39.2 Å². The number of carbonyl (C=O) groups is 2. The SMILES string of the molecule is Cc1ccc(C)c(CN2C(=O)C(O)(CC(=O)c3ccccn3)c3cc(Br)ccc32)c1. The Hall–Kier alpha value is -2.83. The fourth-order valence-corrected chi connectivity index (χ4v) is 4.20. The second-order valence-corrected chi connectivity index (χ2v) is 8.57. The van der Waals surface area contributed by atoms with Gasteiger partial charge in [-0.15, -0.1) is 0 Å². The van der Waals surface area contributed by atoms with Crippen molar-refractivity contribution in [1.82, 2.24) is 4.98 Å². The number of hydrogen-bond donors (Lipinski definition) is 1. The summed E-state index contributed by atoms with van der Waals surface area (Å²) < 4.78 is 0.728. The molecule has 0 bridgehead atoms. The highest BCUT2D eigenvalue weighted by Gasteiger charge is 2.51. The Balaban J connectivity index is 1.74. The van der Waals surface area contributed by atoms with Gasteiger partial charge in [0.05, 0.1) is 18.7 Å². The van der Waals surface area contributed by atoms with Crippen molar-refractivity contribution in [3.8, 4) is 0 Å². The van der Waals surface area contributed by atoms with Gasteiger partial charge in [-0.05, 0) is 55.3 Å². The molecule has 1 N–H and O–H groups in total. The molecule has 1 aliphatic heterocycles. The molecule has 1 atom stereocenters. The van der Waals surface area contributed by atoms with Crippen molar-refractivity contribution in [3.63, 3.8) is 0 Å². The fourth-order valence-electron chi connectivity index (χ4n) is 3.84. The van der Waals surface area contributed by atoms with Crippen LogP contribution in [-0.4, -0.2) is 21.8 Å². The van der Waals surface area contributed by atoms with Gasteiger partial charge in [-0.2, -0.15) is 0 Å². The number of pyridine rings is 1. The van der Waals surface area contributed by atoms with E-state index in [1.54, 1.807) is 35.2 Å². The lowest BCUT2D eigenvalue weighted by atomic mass is 9.89. The number of Topliss-reactive ketones (excluding diaryl/α,β-unsaturated/α-hetero) is 1. The van der Waals surface area contributed by atoms with Gasteiger partial charge in [-0.3, -0.25) is 14.6 Å². The molecule has 0 aliphatic carbocycles. The first-order valence-electron chi connectivity index (χ1n) is 9.64. The first-order valence-corrected chi connectivity index (χ1v) is 10.4. The third kappa shape index (κ3) is 3.57. The zero-order chi connectivity index (χ0) is 21.5. The van der Waals surface area contributed by atoms with E-state index in [2.05, 4.69) is 20.9 Å². The standard InChI is InChI=1S/C24H21BrN2O3/c1-15-6-7-16(2)17(11-15)14-27-21-9-8-18(25)12-19(21)24(30,23(27)29)13-22(28)20-5-3-4-10-26-20/h3-12,30H,13-14H2,1-2H3. The molecule has 0 spiro atoms. The molecule has 0 saturated carbocycles. The van der Waals surface area contributed by atoms with E-state index in [0.717, 1.165) is 21.2 Å². The summed E-state index contributed by atoms with van der Waals surface area (Å²) in [7, 11) is 0. The highest BCUT2D eigenvalue weighted by atomic mass is 79.9. The molecule has 152 valence electrons. The first kappa shape index (κ1) is 20.4. The number of rotatable bonds is 5. The minimum absolute atomic E-state index is 0.225. The minimum Gasteiger partial charge on any atom is -0.375 e. The van der Waals surface area contributed by atoms with Crippen molar-refractivity contribution in [3.05, 3.63) is 93.2 Å². The Bertz CT molecular complexity index is 1150. The van der Waals surface area contributed by atoms with Gasteiger partial charge >= 0.3 is 0 Å². The van der Waals surface area contributed by atoms with Gasteiger partial charge in [0.2, 0.25) is 0 Å². The number of aliphatic hydroxyl groups is 1. The number of amides is 1. The number of aryl methyl sites for hydroxylation is 2. The molecule has 1 unspecified atom stereocenters. The summed E-state index contributed by atoms with van der Waals surface area (Å²) in [5.41, 5.74) is 2.48. The smallest absolute Gasteiger partial charge is 0.264 e. The predicted octanol–water partition coefficient (Wildman–Crippen LogP) is 4.47. The number of aromatic nitrogens is 1. The van der Waals surface area contributed by atoms with E-state index in [-0.39, 0.29) is 17.9 Å². The number of hydrogen-bond acceptors (Lipinski definition) is 4. The third-order valence-electron chi connectivity index (χ3n) is 5.49. The molecule has 1 aromatic heterocycles. The zero-order valence-electron chi connectivity index (χ0n) is 16.7. The van der Waals surface area contributed by atoms with E-state index in [4.69, 9.17) is 0 Å². The summed E-state index contributed by atoms with van der Waals surface area (Å²) in [6.07, 6.45) is 1.15. The van der Waals surface area contributed by atoms with E-state index in [1.165, 1.54) is 6.20 Å². The van der Waals surface area contributed by atoms with Crippen molar-refractivity contribution in [2.24, 2.45) is 0 Å². The summed E-state index contributed by atoms with van der Waals surface area (Å²) in [4.78, 5) is 31.9. The molecule has 2 aromatic carbocycles. The maximum Gasteiger partial charge on any atom is 0.264 e. The Morgan fingerprint density at radius 3 is 2.67 bits per heavy atom. The highest BCUT2D eigenvalue weighted by Crippen LogP contribution is 2.44. The topological polar surface area (TPSA) is 70.5 Å². The van der Waals surface area contributed by atoms with Crippen LogP contribution in [0.15, 0.2) is 65.3 Å². The summed E-state index contributed by atoms with van der Waals surface area (Å²) in [5, 5.41) is 11.5. The van der Waals surface area contributed by atoms with Gasteiger partial charge in [0.15, 0.2) is 11.4 Å². The van der Waals surface area contributed by atoms with E-state index in [9.17, 15) is 14.7 Å². The van der Waals surface area contributed by atoms with E-state index in [0.29, 0.717) is 17.8 Å². The summed E-state index contributed by atoms with van der Waals surface area (Å²) in [6, 6.07) is 16.4. The van der Waals surface area contributed by atoms with E-state index < -0.39 is 11.5 Å². The Morgan fingerprint density at radius 2 is 1.93 bits per heavy atom. The van der Waals surface area contributed by atoms with Crippen LogP contribution >= 0.6 is 15.9 Å². The Morgan fingerprint density at radius 1 is 1.13 bits per heavy atom. The van der Waals surface area contributed by atoms with E-state index in [1.807, 2.05) is 38.1 Å². The van der Waals surface area contributed by atoms with Crippen molar-refractivity contribution in [2.75, 3.05) is 4.90 Å². The quantitative estimate of drug-likeness (QED) is 0.565. The zero-order valence-corrected chi connectivity index (χ0v) is 18.3. The lowest BCUT2D eigenvalue weighted by molar-refractivity contribution is -0.136. The van der Waals surface area contributed by atoms with Crippen molar-refractivity contribution < 1.29 is 14.7 Å². The van der Waals surface area contributed by atoms with Crippen LogP contribution in [-0.2, 0) is 16.9 Å². The second-order valence-electron chi connectivity index (χ2n) is 7.66. The Labute approximate surface area is 183 Å². The monoisotopic (exact) mass is 464 g/mol. The molecule has 1 aliphatic rings. The number of anilines is 1. The summed E-state index contributed by atoms with van der Waals surface area (Å²) >= 11 is 3.42. The van der Waals surface area contributed by atoms with Gasteiger partial charge in [-0.1, -0.05) is 45.8 Å². The van der Waals surface area contributed by atoms with Crippen molar-refractivity contribution >= 4 is 33.3 Å². The molecular weight excluding hydrogens is 444 g/mol. The first-order chi connectivity index (χ1) is 14.3. The van der Waals surface area contributed by atoms with Crippen molar-refractivity contribution in [1.29, 1.82) is 0 Å². The Kier molecular flexibility index (Phi) is 5.30. The van der Waals surface area contributed by atoms with E-state index >= 15 is 0 Å². The fraction of sp³-hybridized carbons (Fsp3) is 0.208. The number of carbonyl (C=O) groups excluding carboxylic acids is 2. The molecule has 1 amide bonds. The summed E-state index contributed by atoms with van der Waals surface area (Å²) in [5.74, 6) is -0.883. The average molecular weight is 465 g/mol. The summed E-state index contributed by atoms with van der Waals surface area (Å²) in [6.45, 7) is 4.32. The molecule has 6 heteroatoms. The molecule has 2 heterocycles. The van der Waals surface area contributed by atoms with Crippen molar-refractivity contribution in [2.45, 2.75) is 32.4 Å². The molecule has 0 radical (unpaired) electrons. The second kappa shape index (κ2) is 7.78. The normalized spacial score (nSPS) is 17.9. The van der Waals surface area contributed by atoms with Gasteiger partial charge in [0, 0.05) is 16.2 Å². The van der Waals surface area contributed by atoms with Gasteiger partial charge in [-0.25, -0.2) is 0 Å². The minimum atomic E-state index is -1.94. The van der Waals surface area contributed by atoms with Crippen LogP contribution in [0.3, 0.4) is 0 Å². The lowest BCUT2D eigenvalue weighted by Gasteiger charge is -2.23. The van der Waals surface area contributed by atoms with Gasteiger partial charge in [0.25, 0.3) is 5.91 Å². The molecular formula is C24H21BrN2O3. The maximum absolute atomic E-state index is 13.5. The molecule has 5 nitrogen and oxygen atoms in total. The van der Waals surface area contributed by atoms with Crippen LogP contribution in [0.2, 0.25) is 0 Å². The molecule has 0 saturated heterocycles. The number of fused-ring (bicyclic) bond motifs is 1. The molecule has 4 rings (SSSR count). The third-order valence-corrected chi connectivity index (χ3v) is 5.99. The average Bonchev–Trinajstić information content (AvgIpc) is 2.93. The predicted molar refractivity (Wildman–Crippen MR) is 118 cm³/mol. The molecule has 30 heavy (non-hydrogen) atoms. The van der Waals surface area contributed by atoms with Crippen LogP contribution in [0, 0.1) is 13.8 Å². The highest BCUT2D eigenvalue weighted by molar-refractivity contribution is 9.10. The largest absolute Gasteiger partial charge is 0.375 e. The lowest BCUT2D eigenvalue weighted by Crippen LogP contribution is -2.41. The number of halogens is 1. The number of benzene rings is 2. The number of nitrogens with zero attached hydrogens (tertiary/aromatic N) is 2. The van der Waals surface area contributed by atoms with Crippen LogP contribution in [0.25, 0.3) is 0 Å².